The molecule has 0 aromatic heterocycles. The number of carbonyl (C=O) groups is 2. The van der Waals surface area contributed by atoms with E-state index >= 15 is 0 Å². The van der Waals surface area contributed by atoms with Gasteiger partial charge < -0.3 is 9.47 Å². The Labute approximate surface area is 163 Å². The van der Waals surface area contributed by atoms with Gasteiger partial charge in [0.1, 0.15) is 11.5 Å². The Balaban J connectivity index is 1.83. The maximum absolute atomic E-state index is 12.1. The number of benzene rings is 2. The van der Waals surface area contributed by atoms with E-state index in [9.17, 15) is 18.0 Å². The van der Waals surface area contributed by atoms with E-state index in [0.717, 1.165) is 0 Å². The third-order valence-electron chi connectivity index (χ3n) is 3.54. The molecule has 0 radical (unpaired) electrons. The van der Waals surface area contributed by atoms with Gasteiger partial charge in [0.25, 0.3) is 11.8 Å². The number of amides is 2. The largest absolute Gasteiger partial charge is 0.497 e. The molecule has 3 N–H and O–H groups in total. The molecule has 0 bridgehead atoms. The van der Waals surface area contributed by atoms with Crippen molar-refractivity contribution in [3.05, 3.63) is 54.1 Å². The van der Waals surface area contributed by atoms with E-state index in [0.29, 0.717) is 23.7 Å². The highest BCUT2D eigenvalue weighted by molar-refractivity contribution is 7.89. The standard InChI is InChI=1S/C18H21N3O6S/c1-3-27-15-6-4-13(5-7-15)18(23)21-20-17(22)12-19-28(24,25)16-10-8-14(26-2)9-11-16/h4-11,19H,3,12H2,1-2H3,(H,20,22)(H,21,23). The topological polar surface area (TPSA) is 123 Å². The molecule has 2 aromatic carbocycles. The zero-order valence-corrected chi connectivity index (χ0v) is 16.2. The molecule has 150 valence electrons. The molecule has 10 heteroatoms. The van der Waals surface area contributed by atoms with E-state index < -0.39 is 28.4 Å². The first-order chi connectivity index (χ1) is 13.4. The second-order valence-electron chi connectivity index (χ2n) is 5.46. The van der Waals surface area contributed by atoms with Gasteiger partial charge in [-0.25, -0.2) is 13.1 Å². The van der Waals surface area contributed by atoms with E-state index in [1.807, 2.05) is 6.92 Å². The summed E-state index contributed by atoms with van der Waals surface area (Å²) in [4.78, 5) is 23.8. The number of rotatable bonds is 8. The molecule has 0 atom stereocenters. The second kappa shape index (κ2) is 9.72. The maximum Gasteiger partial charge on any atom is 0.269 e. The zero-order chi connectivity index (χ0) is 20.6. The summed E-state index contributed by atoms with van der Waals surface area (Å²) in [6.45, 7) is 1.81. The van der Waals surface area contributed by atoms with Crippen LogP contribution in [0.4, 0.5) is 0 Å². The third kappa shape index (κ3) is 5.96. The smallest absolute Gasteiger partial charge is 0.269 e. The van der Waals surface area contributed by atoms with Crippen LogP contribution in [0, 0.1) is 0 Å². The number of nitrogens with one attached hydrogen (secondary N) is 3. The maximum atomic E-state index is 12.1. The predicted octanol–water partition coefficient (Wildman–Crippen LogP) is 0.833. The molecule has 2 rings (SSSR count). The first kappa shape index (κ1) is 21.2. The zero-order valence-electron chi connectivity index (χ0n) is 15.4. The molecule has 2 aromatic rings. The summed E-state index contributed by atoms with van der Waals surface area (Å²) >= 11 is 0. The Hall–Kier alpha value is -3.11. The number of methoxy groups -OCH3 is 1. The quantitative estimate of drug-likeness (QED) is 0.557. The molecular weight excluding hydrogens is 386 g/mol. The van der Waals surface area contributed by atoms with Crippen LogP contribution in [-0.2, 0) is 14.8 Å². The average Bonchev–Trinajstić information content (AvgIpc) is 2.71. The van der Waals surface area contributed by atoms with E-state index in [1.165, 1.54) is 31.4 Å². The summed E-state index contributed by atoms with van der Waals surface area (Å²) < 4.78 is 36.7. The third-order valence-corrected chi connectivity index (χ3v) is 4.95. The van der Waals surface area contributed by atoms with Gasteiger partial charge in [0, 0.05) is 5.56 Å². The Kier molecular flexibility index (Phi) is 7.36. The highest BCUT2D eigenvalue weighted by atomic mass is 32.2. The van der Waals surface area contributed by atoms with Crippen molar-refractivity contribution >= 4 is 21.8 Å². The average molecular weight is 407 g/mol. The SMILES string of the molecule is CCOc1ccc(C(=O)NNC(=O)CNS(=O)(=O)c2ccc(OC)cc2)cc1. The van der Waals surface area contributed by atoms with Gasteiger partial charge in [0.05, 0.1) is 25.2 Å². The highest BCUT2D eigenvalue weighted by Crippen LogP contribution is 2.15. The van der Waals surface area contributed by atoms with Crippen LogP contribution < -0.4 is 25.0 Å². The Morgan fingerprint density at radius 3 is 2.11 bits per heavy atom. The predicted molar refractivity (Wildman–Crippen MR) is 101 cm³/mol. The van der Waals surface area contributed by atoms with Gasteiger partial charge >= 0.3 is 0 Å². The lowest BCUT2D eigenvalue weighted by Gasteiger charge is -2.10. The van der Waals surface area contributed by atoms with Crippen molar-refractivity contribution in [2.24, 2.45) is 0 Å². The summed E-state index contributed by atoms with van der Waals surface area (Å²) in [5.41, 5.74) is 4.66. The molecule has 28 heavy (non-hydrogen) atoms. The Bertz CT molecular complexity index is 911. The molecular formula is C18H21N3O6S. The number of hydrogen-bond donors (Lipinski definition) is 3. The van der Waals surface area contributed by atoms with Gasteiger partial charge in [-0.15, -0.1) is 0 Å². The molecule has 0 unspecified atom stereocenters. The lowest BCUT2D eigenvalue weighted by Crippen LogP contribution is -2.46. The van der Waals surface area contributed by atoms with Crippen LogP contribution in [0.15, 0.2) is 53.4 Å². The fraction of sp³-hybridized carbons (Fsp3) is 0.222. The van der Waals surface area contributed by atoms with Crippen molar-refractivity contribution in [3.8, 4) is 11.5 Å². The number of hydrogen-bond acceptors (Lipinski definition) is 6. The van der Waals surface area contributed by atoms with Crippen molar-refractivity contribution in [2.75, 3.05) is 20.3 Å². The monoisotopic (exact) mass is 407 g/mol. The number of ether oxygens (including phenoxy) is 2. The van der Waals surface area contributed by atoms with Gasteiger partial charge in [-0.3, -0.25) is 20.4 Å². The summed E-state index contributed by atoms with van der Waals surface area (Å²) in [6.07, 6.45) is 0. The lowest BCUT2D eigenvalue weighted by atomic mass is 10.2. The molecule has 0 heterocycles. The molecule has 0 spiro atoms. The summed E-state index contributed by atoms with van der Waals surface area (Å²) in [5, 5.41) is 0. The van der Waals surface area contributed by atoms with Gasteiger partial charge in [0.2, 0.25) is 10.0 Å². The van der Waals surface area contributed by atoms with Crippen molar-refractivity contribution in [2.45, 2.75) is 11.8 Å². The Morgan fingerprint density at radius 1 is 0.929 bits per heavy atom. The summed E-state index contributed by atoms with van der Waals surface area (Å²) in [5.74, 6) is -0.143. The lowest BCUT2D eigenvalue weighted by molar-refractivity contribution is -0.120. The summed E-state index contributed by atoms with van der Waals surface area (Å²) in [6, 6.07) is 12.0. The molecule has 0 aliphatic carbocycles. The van der Waals surface area contributed by atoms with Gasteiger partial charge in [0.15, 0.2) is 0 Å². The minimum atomic E-state index is -3.87. The van der Waals surface area contributed by atoms with Crippen LogP contribution in [0.2, 0.25) is 0 Å². The minimum Gasteiger partial charge on any atom is -0.497 e. The number of sulfonamides is 1. The number of hydrazine groups is 1. The molecule has 0 aliphatic heterocycles. The van der Waals surface area contributed by atoms with E-state index in [2.05, 4.69) is 15.6 Å². The fourth-order valence-corrected chi connectivity index (χ4v) is 3.09. The summed E-state index contributed by atoms with van der Waals surface area (Å²) in [7, 11) is -2.41. The van der Waals surface area contributed by atoms with E-state index in [1.54, 1.807) is 24.3 Å². The van der Waals surface area contributed by atoms with Crippen molar-refractivity contribution in [1.29, 1.82) is 0 Å². The van der Waals surface area contributed by atoms with Crippen LogP contribution in [0.25, 0.3) is 0 Å². The van der Waals surface area contributed by atoms with E-state index in [4.69, 9.17) is 9.47 Å². The first-order valence-corrected chi connectivity index (χ1v) is 9.80. The first-order valence-electron chi connectivity index (χ1n) is 8.31. The fourth-order valence-electron chi connectivity index (χ4n) is 2.11. The Morgan fingerprint density at radius 2 is 1.54 bits per heavy atom. The van der Waals surface area contributed by atoms with Crippen LogP contribution in [0.5, 0.6) is 11.5 Å². The number of carbonyl (C=O) groups excluding carboxylic acids is 2. The van der Waals surface area contributed by atoms with Crippen molar-refractivity contribution < 1.29 is 27.5 Å². The molecule has 0 aliphatic rings. The van der Waals surface area contributed by atoms with Crippen molar-refractivity contribution in [3.63, 3.8) is 0 Å². The van der Waals surface area contributed by atoms with E-state index in [-0.39, 0.29) is 4.90 Å². The highest BCUT2D eigenvalue weighted by Gasteiger charge is 2.16. The molecule has 2 amide bonds. The molecule has 0 saturated carbocycles. The van der Waals surface area contributed by atoms with Crippen LogP contribution >= 0.6 is 0 Å². The van der Waals surface area contributed by atoms with Crippen LogP contribution in [0.3, 0.4) is 0 Å². The van der Waals surface area contributed by atoms with Crippen LogP contribution in [0.1, 0.15) is 17.3 Å². The second-order valence-corrected chi connectivity index (χ2v) is 7.23. The van der Waals surface area contributed by atoms with Gasteiger partial charge in [-0.2, -0.15) is 0 Å². The molecule has 0 saturated heterocycles. The minimum absolute atomic E-state index is 0.0143. The van der Waals surface area contributed by atoms with Gasteiger partial charge in [-0.1, -0.05) is 0 Å². The van der Waals surface area contributed by atoms with Gasteiger partial charge in [-0.05, 0) is 55.5 Å². The van der Waals surface area contributed by atoms with Crippen LogP contribution in [-0.4, -0.2) is 40.5 Å². The van der Waals surface area contributed by atoms with Crippen molar-refractivity contribution in [1.82, 2.24) is 15.6 Å². The molecule has 9 nitrogen and oxygen atoms in total. The normalized spacial score (nSPS) is 10.8. The molecule has 0 fully saturated rings.